The van der Waals surface area contributed by atoms with E-state index in [0.717, 1.165) is 56.0 Å². The first kappa shape index (κ1) is 20.5. The molecule has 0 atom stereocenters. The van der Waals surface area contributed by atoms with Crippen molar-refractivity contribution in [2.24, 2.45) is 0 Å². The van der Waals surface area contributed by atoms with Gasteiger partial charge in [-0.15, -0.1) is 0 Å². The van der Waals surface area contributed by atoms with Crippen LogP contribution in [0.3, 0.4) is 0 Å². The number of halogens is 1. The normalized spacial score (nSPS) is 15.7. The van der Waals surface area contributed by atoms with Crippen LogP contribution in [0.5, 0.6) is 0 Å². The minimum Gasteiger partial charge on any atom is -0.337 e. The van der Waals surface area contributed by atoms with E-state index in [4.69, 9.17) is 11.6 Å². The van der Waals surface area contributed by atoms with Crippen molar-refractivity contribution in [1.82, 2.24) is 19.6 Å². The molecule has 1 N–H and O–H groups in total. The Kier molecular flexibility index (Phi) is 7.85. The molecule has 2 aromatic rings. The highest BCUT2D eigenvalue weighted by Gasteiger charge is 2.24. The number of amides is 1. The predicted molar refractivity (Wildman–Crippen MR) is 114 cm³/mol. The minimum absolute atomic E-state index is 0.0534. The zero-order valence-electron chi connectivity index (χ0n) is 16.0. The van der Waals surface area contributed by atoms with Crippen LogP contribution in [0.4, 0.5) is 0 Å². The molecule has 7 heteroatoms. The molecule has 1 saturated heterocycles. The van der Waals surface area contributed by atoms with Crippen molar-refractivity contribution in [1.29, 1.82) is 0 Å². The number of pyridine rings is 1. The number of nitrogens with zero attached hydrogens (tertiary/aromatic N) is 3. The largest absolute Gasteiger partial charge is 0.337 e. The topological polar surface area (TPSA) is 49.6 Å². The van der Waals surface area contributed by atoms with Crippen molar-refractivity contribution in [3.63, 3.8) is 0 Å². The molecule has 2 aromatic heterocycles. The Morgan fingerprint density at radius 3 is 2.70 bits per heavy atom. The summed E-state index contributed by atoms with van der Waals surface area (Å²) >= 11 is 8.05. The first-order valence-corrected chi connectivity index (χ1v) is 11.6. The first-order chi connectivity index (χ1) is 13.2. The number of imidazole rings is 1. The van der Waals surface area contributed by atoms with Gasteiger partial charge in [-0.25, -0.2) is 4.98 Å². The van der Waals surface area contributed by atoms with Crippen LogP contribution in [0.25, 0.3) is 5.65 Å². The Hall–Kier alpha value is -1.24. The first-order valence-electron chi connectivity index (χ1n) is 9.86. The fraction of sp³-hybridized carbons (Fsp3) is 0.600. The van der Waals surface area contributed by atoms with Crippen molar-refractivity contribution in [3.8, 4) is 0 Å². The summed E-state index contributed by atoms with van der Waals surface area (Å²) in [5.41, 5.74) is 2.25. The summed E-state index contributed by atoms with van der Waals surface area (Å²) < 4.78 is 1.96. The molecule has 148 valence electrons. The molecule has 0 spiro atoms. The number of aromatic nitrogens is 2. The van der Waals surface area contributed by atoms with Crippen LogP contribution in [0.15, 0.2) is 18.3 Å². The average Bonchev–Trinajstić information content (AvgIpc) is 2.99. The Bertz CT molecular complexity index is 756. The van der Waals surface area contributed by atoms with Gasteiger partial charge in [0.2, 0.25) is 0 Å². The number of fused-ring (bicyclic) bond motifs is 1. The summed E-state index contributed by atoms with van der Waals surface area (Å²) in [7, 11) is 0. The van der Waals surface area contributed by atoms with Gasteiger partial charge < -0.3 is 14.6 Å². The highest BCUT2D eigenvalue weighted by atomic mass is 35.5. The number of carbonyl (C=O) groups is 1. The molecule has 3 rings (SSSR count). The van der Waals surface area contributed by atoms with Crippen molar-refractivity contribution < 1.29 is 4.79 Å². The second kappa shape index (κ2) is 10.3. The van der Waals surface area contributed by atoms with Gasteiger partial charge in [0.05, 0.1) is 10.7 Å². The summed E-state index contributed by atoms with van der Waals surface area (Å²) in [4.78, 5) is 19.9. The Morgan fingerprint density at radius 2 is 1.96 bits per heavy atom. The Balaban J connectivity index is 1.83. The number of hydrogen-bond donors (Lipinski definition) is 1. The van der Waals surface area contributed by atoms with Gasteiger partial charge in [0.25, 0.3) is 5.91 Å². The van der Waals surface area contributed by atoms with Crippen LogP contribution in [-0.4, -0.2) is 51.8 Å². The van der Waals surface area contributed by atoms with E-state index in [2.05, 4.69) is 16.6 Å². The van der Waals surface area contributed by atoms with E-state index in [1.165, 1.54) is 19.3 Å². The molecule has 0 radical (unpaired) electrons. The lowest BCUT2D eigenvalue weighted by atomic mass is 10.1. The third kappa shape index (κ3) is 5.39. The smallest absolute Gasteiger partial charge is 0.274 e. The Labute approximate surface area is 170 Å². The number of likely N-dealkylation sites (tertiary alicyclic amines) is 1. The van der Waals surface area contributed by atoms with Crippen molar-refractivity contribution in [2.75, 3.05) is 31.6 Å². The molecule has 3 heterocycles. The molecular formula is C20H29ClN4OS. The summed E-state index contributed by atoms with van der Waals surface area (Å²) in [5.74, 6) is 1.18. The number of thioether (sulfide) groups is 1. The molecule has 1 amide bonds. The van der Waals surface area contributed by atoms with Gasteiger partial charge in [0.15, 0.2) is 5.69 Å². The van der Waals surface area contributed by atoms with E-state index in [-0.39, 0.29) is 5.91 Å². The van der Waals surface area contributed by atoms with Crippen LogP contribution >= 0.6 is 23.4 Å². The number of hydrogen-bond acceptors (Lipinski definition) is 4. The summed E-state index contributed by atoms with van der Waals surface area (Å²) in [5, 5.41) is 4.11. The molecule has 1 aliphatic rings. The van der Waals surface area contributed by atoms with Gasteiger partial charge >= 0.3 is 0 Å². The van der Waals surface area contributed by atoms with Gasteiger partial charge in [0, 0.05) is 25.8 Å². The summed E-state index contributed by atoms with van der Waals surface area (Å²) in [6, 6.07) is 3.70. The lowest BCUT2D eigenvalue weighted by Gasteiger charge is -2.24. The predicted octanol–water partition coefficient (Wildman–Crippen LogP) is 4.24. The summed E-state index contributed by atoms with van der Waals surface area (Å²) in [6.45, 7) is 3.19. The third-order valence-electron chi connectivity index (χ3n) is 5.02. The van der Waals surface area contributed by atoms with Crippen LogP contribution in [0.2, 0.25) is 5.02 Å². The fourth-order valence-electron chi connectivity index (χ4n) is 3.56. The Morgan fingerprint density at radius 1 is 1.22 bits per heavy atom. The van der Waals surface area contributed by atoms with Gasteiger partial charge in [-0.3, -0.25) is 4.79 Å². The maximum absolute atomic E-state index is 13.3. The van der Waals surface area contributed by atoms with E-state index >= 15 is 0 Å². The van der Waals surface area contributed by atoms with Gasteiger partial charge in [-0.1, -0.05) is 30.9 Å². The van der Waals surface area contributed by atoms with Crippen LogP contribution in [0, 0.1) is 0 Å². The van der Waals surface area contributed by atoms with Crippen LogP contribution < -0.4 is 5.32 Å². The molecule has 27 heavy (non-hydrogen) atoms. The van der Waals surface area contributed by atoms with E-state index in [1.54, 1.807) is 0 Å². The molecule has 0 aliphatic carbocycles. The average molecular weight is 409 g/mol. The lowest BCUT2D eigenvalue weighted by Crippen LogP contribution is -2.35. The minimum atomic E-state index is 0.0534. The summed E-state index contributed by atoms with van der Waals surface area (Å²) in [6.07, 6.45) is 10.9. The molecule has 1 fully saturated rings. The molecule has 0 aromatic carbocycles. The molecule has 1 aliphatic heterocycles. The maximum atomic E-state index is 13.3. The van der Waals surface area contributed by atoms with Crippen molar-refractivity contribution in [3.05, 3.63) is 34.7 Å². The third-order valence-corrected chi connectivity index (χ3v) is 5.94. The highest BCUT2D eigenvalue weighted by Crippen LogP contribution is 2.20. The van der Waals surface area contributed by atoms with E-state index in [0.29, 0.717) is 17.3 Å². The van der Waals surface area contributed by atoms with Crippen molar-refractivity contribution in [2.45, 2.75) is 45.1 Å². The number of nitrogens with one attached hydrogen (secondary N) is 1. The monoisotopic (exact) mass is 408 g/mol. The zero-order chi connectivity index (χ0) is 19.1. The van der Waals surface area contributed by atoms with Crippen LogP contribution in [-0.2, 0) is 6.54 Å². The fourth-order valence-corrected chi connectivity index (χ4v) is 4.15. The number of carbonyl (C=O) groups excluding carboxylic acids is 1. The van der Waals surface area contributed by atoms with Gasteiger partial charge in [-0.05, 0) is 49.9 Å². The molecule has 0 unspecified atom stereocenters. The zero-order valence-corrected chi connectivity index (χ0v) is 17.6. The molecule has 0 saturated carbocycles. The second-order valence-corrected chi connectivity index (χ2v) is 8.49. The SMILES string of the molecule is CSCCCNCc1c(C(=O)N2CCCCCCC2)nc2ccc(Cl)cn12. The van der Waals surface area contributed by atoms with E-state index in [1.807, 2.05) is 39.4 Å². The highest BCUT2D eigenvalue weighted by molar-refractivity contribution is 7.98. The molecule has 5 nitrogen and oxygen atoms in total. The molecule has 0 bridgehead atoms. The second-order valence-electron chi connectivity index (χ2n) is 7.07. The van der Waals surface area contributed by atoms with E-state index in [9.17, 15) is 4.79 Å². The van der Waals surface area contributed by atoms with Gasteiger partial charge in [0.1, 0.15) is 5.65 Å². The van der Waals surface area contributed by atoms with E-state index < -0.39 is 0 Å². The van der Waals surface area contributed by atoms with Crippen LogP contribution in [0.1, 0.15) is 54.7 Å². The molecular weight excluding hydrogens is 380 g/mol. The van der Waals surface area contributed by atoms with Gasteiger partial charge in [-0.2, -0.15) is 11.8 Å². The maximum Gasteiger partial charge on any atom is 0.274 e. The number of rotatable bonds is 7. The quantitative estimate of drug-likeness (QED) is 0.696. The van der Waals surface area contributed by atoms with Crippen molar-refractivity contribution >= 4 is 34.9 Å². The lowest BCUT2D eigenvalue weighted by molar-refractivity contribution is 0.0735. The standard InChI is InChI=1S/C20H29ClN4OS/c1-27-13-7-10-22-14-17-19(23-18-9-8-16(21)15-25(17)18)20(26)24-11-5-3-2-4-6-12-24/h8-9,15,22H,2-7,10-14H2,1H3.